The zero-order valence-electron chi connectivity index (χ0n) is 14.5. The van der Waals surface area contributed by atoms with Gasteiger partial charge in [-0.2, -0.15) is 0 Å². The third kappa shape index (κ3) is 3.38. The number of Topliss-reactive ketones (excluding diaryl/α,β-unsaturated/α-hetero) is 1. The summed E-state index contributed by atoms with van der Waals surface area (Å²) in [5.74, 6) is 1.69. The van der Waals surface area contributed by atoms with Crippen LogP contribution in [0.25, 0.3) is 0 Å². The van der Waals surface area contributed by atoms with Gasteiger partial charge in [0.15, 0.2) is 17.3 Å². The SMILES string of the molecule is COC1=CC(C(=O)C2COC(c3ccccc3)=N2)CC(OC)=C1OC. The number of ketones is 1. The number of methoxy groups -OCH3 is 3. The molecule has 0 amide bonds. The molecule has 0 radical (unpaired) electrons. The van der Waals surface area contributed by atoms with Crippen molar-refractivity contribution in [1.82, 2.24) is 0 Å². The van der Waals surface area contributed by atoms with Crippen LogP contribution in [0, 0.1) is 5.92 Å². The van der Waals surface area contributed by atoms with Crippen LogP contribution in [0.5, 0.6) is 0 Å². The second-order valence-electron chi connectivity index (χ2n) is 5.74. The van der Waals surface area contributed by atoms with E-state index < -0.39 is 12.0 Å². The van der Waals surface area contributed by atoms with Crippen LogP contribution < -0.4 is 0 Å². The van der Waals surface area contributed by atoms with Gasteiger partial charge in [-0.3, -0.25) is 4.79 Å². The van der Waals surface area contributed by atoms with Crippen LogP contribution in [-0.2, 0) is 23.7 Å². The Morgan fingerprint density at radius 2 is 1.88 bits per heavy atom. The minimum absolute atomic E-state index is 0.0230. The summed E-state index contributed by atoms with van der Waals surface area (Å²) in [5.41, 5.74) is 0.869. The highest BCUT2D eigenvalue weighted by atomic mass is 16.5. The maximum Gasteiger partial charge on any atom is 0.216 e. The quantitative estimate of drug-likeness (QED) is 0.794. The molecule has 1 aliphatic heterocycles. The summed E-state index contributed by atoms with van der Waals surface area (Å²) in [6, 6.07) is 9.03. The number of benzene rings is 1. The molecule has 6 nitrogen and oxygen atoms in total. The molecule has 2 aliphatic rings. The largest absolute Gasteiger partial charge is 0.497 e. The van der Waals surface area contributed by atoms with Crippen LogP contribution in [0.15, 0.2) is 58.7 Å². The van der Waals surface area contributed by atoms with E-state index in [2.05, 4.69) is 4.99 Å². The van der Waals surface area contributed by atoms with E-state index >= 15 is 0 Å². The van der Waals surface area contributed by atoms with Crippen molar-refractivity contribution in [3.63, 3.8) is 0 Å². The summed E-state index contributed by atoms with van der Waals surface area (Å²) in [6.07, 6.45) is 2.18. The molecule has 2 atom stereocenters. The number of rotatable bonds is 6. The highest BCUT2D eigenvalue weighted by Crippen LogP contribution is 2.32. The molecule has 0 N–H and O–H groups in total. The maximum absolute atomic E-state index is 12.9. The van der Waals surface area contributed by atoms with Gasteiger partial charge in [0.25, 0.3) is 0 Å². The molecule has 1 aromatic rings. The Morgan fingerprint density at radius 3 is 2.52 bits per heavy atom. The van der Waals surface area contributed by atoms with Gasteiger partial charge in [0.1, 0.15) is 18.4 Å². The minimum Gasteiger partial charge on any atom is -0.497 e. The van der Waals surface area contributed by atoms with Gasteiger partial charge in [-0.25, -0.2) is 4.99 Å². The van der Waals surface area contributed by atoms with E-state index in [-0.39, 0.29) is 12.4 Å². The third-order valence-corrected chi connectivity index (χ3v) is 4.27. The molecule has 1 heterocycles. The van der Waals surface area contributed by atoms with Crippen molar-refractivity contribution < 1.29 is 23.7 Å². The smallest absolute Gasteiger partial charge is 0.216 e. The van der Waals surface area contributed by atoms with Crippen molar-refractivity contribution in [2.24, 2.45) is 10.9 Å². The van der Waals surface area contributed by atoms with Crippen molar-refractivity contribution >= 4 is 11.7 Å². The van der Waals surface area contributed by atoms with Crippen molar-refractivity contribution in [1.29, 1.82) is 0 Å². The van der Waals surface area contributed by atoms with E-state index in [1.54, 1.807) is 20.3 Å². The Kier molecular flexibility index (Phi) is 5.07. The molecule has 1 aliphatic carbocycles. The Morgan fingerprint density at radius 1 is 1.12 bits per heavy atom. The van der Waals surface area contributed by atoms with Crippen LogP contribution >= 0.6 is 0 Å². The van der Waals surface area contributed by atoms with Crippen molar-refractivity contribution in [2.45, 2.75) is 12.5 Å². The fourth-order valence-electron chi connectivity index (χ4n) is 2.99. The van der Waals surface area contributed by atoms with E-state index in [0.717, 1.165) is 5.56 Å². The molecule has 0 saturated heterocycles. The van der Waals surface area contributed by atoms with E-state index in [0.29, 0.717) is 29.6 Å². The Bertz CT molecular complexity index is 735. The van der Waals surface area contributed by atoms with E-state index in [4.69, 9.17) is 18.9 Å². The summed E-state index contributed by atoms with van der Waals surface area (Å²) >= 11 is 0. The Labute approximate surface area is 146 Å². The first kappa shape index (κ1) is 17.1. The second-order valence-corrected chi connectivity index (χ2v) is 5.74. The average molecular weight is 343 g/mol. The summed E-state index contributed by atoms with van der Waals surface area (Å²) < 4.78 is 21.7. The molecule has 0 aromatic heterocycles. The number of carbonyl (C=O) groups is 1. The first-order chi connectivity index (χ1) is 12.2. The normalized spacial score (nSPS) is 22.7. The zero-order valence-corrected chi connectivity index (χ0v) is 14.5. The fraction of sp³-hybridized carbons (Fsp3) is 0.368. The number of aliphatic imine (C=N–C) groups is 1. The first-order valence-electron chi connectivity index (χ1n) is 8.05. The molecule has 0 bridgehead atoms. The standard InChI is InChI=1S/C19H21NO5/c1-22-15-9-13(10-16(23-2)18(15)24-3)17(21)14-11-25-19(20-14)12-7-5-4-6-8-12/h4-9,13-14H,10-11H2,1-3H3. The van der Waals surface area contributed by atoms with Crippen molar-refractivity contribution in [3.05, 3.63) is 59.2 Å². The number of ether oxygens (including phenoxy) is 4. The van der Waals surface area contributed by atoms with Crippen LogP contribution in [0.2, 0.25) is 0 Å². The highest BCUT2D eigenvalue weighted by Gasteiger charge is 2.35. The summed E-state index contributed by atoms with van der Waals surface area (Å²) in [5, 5.41) is 0. The monoisotopic (exact) mass is 343 g/mol. The molecular weight excluding hydrogens is 322 g/mol. The molecule has 0 fully saturated rings. The van der Waals surface area contributed by atoms with Gasteiger partial charge in [-0.05, 0) is 18.2 Å². The zero-order chi connectivity index (χ0) is 17.8. The topological polar surface area (TPSA) is 66.4 Å². The molecule has 1 aromatic carbocycles. The first-order valence-corrected chi connectivity index (χ1v) is 8.05. The van der Waals surface area contributed by atoms with Crippen LogP contribution in [0.1, 0.15) is 12.0 Å². The minimum atomic E-state index is -0.531. The van der Waals surface area contributed by atoms with Crippen LogP contribution in [0.4, 0.5) is 0 Å². The lowest BCUT2D eigenvalue weighted by atomic mass is 9.90. The summed E-state index contributed by atoms with van der Waals surface area (Å²) in [4.78, 5) is 17.4. The fourth-order valence-corrected chi connectivity index (χ4v) is 2.99. The van der Waals surface area contributed by atoms with E-state index in [1.807, 2.05) is 30.3 Å². The molecule has 25 heavy (non-hydrogen) atoms. The molecule has 6 heteroatoms. The van der Waals surface area contributed by atoms with Crippen LogP contribution in [0.3, 0.4) is 0 Å². The third-order valence-electron chi connectivity index (χ3n) is 4.27. The lowest BCUT2D eigenvalue weighted by Crippen LogP contribution is -2.29. The molecular formula is C19H21NO5. The summed E-state index contributed by atoms with van der Waals surface area (Å²) in [7, 11) is 4.64. The van der Waals surface area contributed by atoms with E-state index in [1.165, 1.54) is 7.11 Å². The molecule has 132 valence electrons. The second kappa shape index (κ2) is 7.42. The lowest BCUT2D eigenvalue weighted by Gasteiger charge is -2.24. The molecule has 0 saturated carbocycles. The van der Waals surface area contributed by atoms with Crippen LogP contribution in [-0.4, -0.2) is 45.7 Å². The molecule has 3 rings (SSSR count). The van der Waals surface area contributed by atoms with Gasteiger partial charge in [-0.15, -0.1) is 0 Å². The van der Waals surface area contributed by atoms with Crippen molar-refractivity contribution in [2.75, 3.05) is 27.9 Å². The summed E-state index contributed by atoms with van der Waals surface area (Å²) in [6.45, 7) is 0.249. The molecule has 2 unspecified atom stereocenters. The maximum atomic E-state index is 12.9. The number of hydrogen-bond acceptors (Lipinski definition) is 6. The predicted molar refractivity (Wildman–Crippen MR) is 92.0 cm³/mol. The Balaban J connectivity index is 1.79. The number of allylic oxidation sites excluding steroid dienone is 2. The van der Waals surface area contributed by atoms with Crippen molar-refractivity contribution in [3.8, 4) is 0 Å². The van der Waals surface area contributed by atoms with E-state index in [9.17, 15) is 4.79 Å². The number of nitrogens with zero attached hydrogens (tertiary/aromatic N) is 1. The lowest BCUT2D eigenvalue weighted by molar-refractivity contribution is -0.123. The van der Waals surface area contributed by atoms with Gasteiger partial charge in [-0.1, -0.05) is 18.2 Å². The van der Waals surface area contributed by atoms with Gasteiger partial charge in [0, 0.05) is 17.9 Å². The molecule has 0 spiro atoms. The number of carbonyl (C=O) groups excluding carboxylic acids is 1. The number of hydrogen-bond donors (Lipinski definition) is 0. The predicted octanol–water partition coefficient (Wildman–Crippen LogP) is 2.46. The Hall–Kier alpha value is -2.76. The van der Waals surface area contributed by atoms with Gasteiger partial charge < -0.3 is 18.9 Å². The van der Waals surface area contributed by atoms with Gasteiger partial charge >= 0.3 is 0 Å². The van der Waals surface area contributed by atoms with Gasteiger partial charge in [0.05, 0.1) is 21.3 Å². The highest BCUT2D eigenvalue weighted by molar-refractivity contribution is 5.99. The van der Waals surface area contributed by atoms with Gasteiger partial charge in [0.2, 0.25) is 5.90 Å². The average Bonchev–Trinajstić information content (AvgIpc) is 3.17.